The van der Waals surface area contributed by atoms with Gasteiger partial charge in [-0.05, 0) is 145 Å². The Morgan fingerprint density at radius 3 is 1.02 bits per heavy atom. The van der Waals surface area contributed by atoms with Crippen LogP contribution in [0.1, 0.15) is 69.2 Å². The van der Waals surface area contributed by atoms with Crippen LogP contribution in [-0.4, -0.2) is 33.8 Å². The molecule has 0 aliphatic carbocycles. The van der Waals surface area contributed by atoms with E-state index in [9.17, 15) is 0 Å². The minimum atomic E-state index is -0.156. The van der Waals surface area contributed by atoms with Gasteiger partial charge in [-0.2, -0.15) is 0 Å². The van der Waals surface area contributed by atoms with Gasteiger partial charge >= 0.3 is 0 Å². The highest BCUT2D eigenvalue weighted by Crippen LogP contribution is 2.43. The molecule has 6 rings (SSSR count). The zero-order valence-corrected chi connectivity index (χ0v) is 28.0. The van der Waals surface area contributed by atoms with Crippen LogP contribution in [-0.2, 0) is 0 Å². The molecule has 4 heteroatoms. The number of aliphatic imine (C=N–C) groups is 2. The molecule has 0 fully saturated rings. The van der Waals surface area contributed by atoms with Gasteiger partial charge in [0.1, 0.15) is 11.7 Å². The smallest absolute Gasteiger partial charge is 0.102 e. The van der Waals surface area contributed by atoms with Gasteiger partial charge in [-0.3, -0.25) is 9.98 Å². The van der Waals surface area contributed by atoms with Gasteiger partial charge in [0.15, 0.2) is 0 Å². The van der Waals surface area contributed by atoms with E-state index in [4.69, 9.17) is 9.98 Å². The quantitative estimate of drug-likeness (QED) is 0.234. The third-order valence-corrected chi connectivity index (χ3v) is 10.6. The van der Waals surface area contributed by atoms with E-state index in [1.165, 1.54) is 44.8 Å². The molecule has 0 N–H and O–H groups in total. The first-order valence-electron chi connectivity index (χ1n) is 15.8. The lowest BCUT2D eigenvalue weighted by molar-refractivity contribution is 0.338. The van der Waals surface area contributed by atoms with E-state index in [1.54, 1.807) is 0 Å². The maximum Gasteiger partial charge on any atom is 0.102 e. The molecule has 2 aliphatic rings. The Morgan fingerprint density at radius 2 is 0.727 bits per heavy atom. The standard InChI is InChI=1S/C40H46N4/c1-27-41-37(3,4)39(7,8)43(27)35-20-16-30(17-21-35)33-24-32(29-14-12-11-13-15-29)25-34(26-33)31-18-22-36(23-19-31)44-28(2)42-38(5,6)40(44,9)10/h11-26H,1-10H3. The van der Waals surface area contributed by atoms with Gasteiger partial charge in [-0.25, -0.2) is 0 Å². The van der Waals surface area contributed by atoms with Gasteiger partial charge in [-0.1, -0.05) is 54.6 Å². The highest BCUT2D eigenvalue weighted by molar-refractivity contribution is 6.01. The zero-order chi connectivity index (χ0) is 31.7. The van der Waals surface area contributed by atoms with Crippen LogP contribution in [0, 0.1) is 0 Å². The van der Waals surface area contributed by atoms with Gasteiger partial charge in [0.2, 0.25) is 0 Å². The van der Waals surface area contributed by atoms with E-state index < -0.39 is 0 Å². The topological polar surface area (TPSA) is 31.2 Å². The van der Waals surface area contributed by atoms with Crippen LogP contribution in [0.5, 0.6) is 0 Å². The van der Waals surface area contributed by atoms with Gasteiger partial charge in [0.05, 0.1) is 22.2 Å². The van der Waals surface area contributed by atoms with Gasteiger partial charge < -0.3 is 9.80 Å². The summed E-state index contributed by atoms with van der Waals surface area (Å²) < 4.78 is 0. The summed E-state index contributed by atoms with van der Waals surface area (Å²) in [5.74, 6) is 2.12. The first kappa shape index (κ1) is 29.9. The summed E-state index contributed by atoms with van der Waals surface area (Å²) >= 11 is 0. The predicted molar refractivity (Wildman–Crippen MR) is 190 cm³/mol. The van der Waals surface area contributed by atoms with E-state index in [1.807, 2.05) is 0 Å². The molecule has 2 aliphatic heterocycles. The molecule has 0 spiro atoms. The van der Waals surface area contributed by atoms with Crippen LogP contribution in [0.2, 0.25) is 0 Å². The molecule has 2 heterocycles. The van der Waals surface area contributed by atoms with Crippen LogP contribution in [0.15, 0.2) is 107 Å². The summed E-state index contributed by atoms with van der Waals surface area (Å²) in [5, 5.41) is 0. The Labute approximate surface area is 264 Å². The van der Waals surface area contributed by atoms with Gasteiger partial charge in [0, 0.05) is 11.4 Å². The molecule has 44 heavy (non-hydrogen) atoms. The highest BCUT2D eigenvalue weighted by Gasteiger charge is 2.49. The minimum absolute atomic E-state index is 0.115. The van der Waals surface area contributed by atoms with Crippen molar-refractivity contribution in [2.75, 3.05) is 9.80 Å². The van der Waals surface area contributed by atoms with Gasteiger partial charge in [0.25, 0.3) is 0 Å². The number of nitrogens with zero attached hydrogens (tertiary/aromatic N) is 4. The Balaban J connectivity index is 1.38. The molecule has 0 unspecified atom stereocenters. The first-order chi connectivity index (χ1) is 20.6. The van der Waals surface area contributed by atoms with Crippen molar-refractivity contribution < 1.29 is 0 Å². The van der Waals surface area contributed by atoms with Crippen molar-refractivity contribution in [1.82, 2.24) is 0 Å². The van der Waals surface area contributed by atoms with E-state index >= 15 is 0 Å². The van der Waals surface area contributed by atoms with Crippen molar-refractivity contribution in [1.29, 1.82) is 0 Å². The second kappa shape index (κ2) is 10.2. The molecule has 4 aromatic rings. The number of hydrogen-bond donors (Lipinski definition) is 0. The van der Waals surface area contributed by atoms with Crippen LogP contribution >= 0.6 is 0 Å². The largest absolute Gasteiger partial charge is 0.322 e. The van der Waals surface area contributed by atoms with Crippen LogP contribution in [0.25, 0.3) is 33.4 Å². The molecule has 0 radical (unpaired) electrons. The van der Waals surface area contributed by atoms with Gasteiger partial charge in [-0.15, -0.1) is 0 Å². The van der Waals surface area contributed by atoms with Crippen molar-refractivity contribution in [2.24, 2.45) is 9.98 Å². The number of anilines is 2. The predicted octanol–water partition coefficient (Wildman–Crippen LogP) is 10.3. The second-order valence-electron chi connectivity index (χ2n) is 14.5. The summed E-state index contributed by atoms with van der Waals surface area (Å²) in [5.41, 5.74) is 9.03. The number of benzene rings is 4. The maximum absolute atomic E-state index is 4.99. The molecule has 0 atom stereocenters. The molecule has 0 bridgehead atoms. The van der Waals surface area contributed by atoms with E-state index in [-0.39, 0.29) is 22.2 Å². The van der Waals surface area contributed by atoms with Crippen molar-refractivity contribution >= 4 is 23.0 Å². The van der Waals surface area contributed by atoms with E-state index in [0.29, 0.717) is 0 Å². The normalized spacial score (nSPS) is 19.6. The fraction of sp³-hybridized carbons (Fsp3) is 0.350. The first-order valence-corrected chi connectivity index (χ1v) is 15.8. The van der Waals surface area contributed by atoms with Crippen LogP contribution in [0.3, 0.4) is 0 Å². The molecule has 4 nitrogen and oxygen atoms in total. The zero-order valence-electron chi connectivity index (χ0n) is 28.0. The minimum Gasteiger partial charge on any atom is -0.322 e. The third kappa shape index (κ3) is 4.76. The summed E-state index contributed by atoms with van der Waals surface area (Å²) in [7, 11) is 0. The molecule has 226 valence electrons. The summed E-state index contributed by atoms with van der Waals surface area (Å²) in [6.07, 6.45) is 0. The Hall–Kier alpha value is -4.18. The second-order valence-corrected chi connectivity index (χ2v) is 14.5. The monoisotopic (exact) mass is 582 g/mol. The molecule has 0 saturated carbocycles. The number of amidine groups is 2. The SMILES string of the molecule is CC1=NC(C)(C)C(C)(C)N1c1ccc(-c2cc(-c3ccccc3)cc(-c3ccc(N4C(C)=NC(C)(C)C4(C)C)cc3)c2)cc1. The van der Waals surface area contributed by atoms with E-state index in [0.717, 1.165) is 11.7 Å². The Bertz CT molecular complexity index is 1650. The van der Waals surface area contributed by atoms with E-state index in [2.05, 4.69) is 176 Å². The van der Waals surface area contributed by atoms with Crippen molar-refractivity contribution in [3.8, 4) is 33.4 Å². The van der Waals surface area contributed by atoms with Crippen molar-refractivity contribution in [3.05, 3.63) is 97.1 Å². The average Bonchev–Trinajstić information content (AvgIpc) is 3.25. The number of hydrogen-bond acceptors (Lipinski definition) is 4. The van der Waals surface area contributed by atoms with Crippen LogP contribution in [0.4, 0.5) is 11.4 Å². The Kier molecular flexibility index (Phi) is 6.92. The lowest BCUT2D eigenvalue weighted by atomic mass is 9.83. The molecule has 0 amide bonds. The average molecular weight is 583 g/mol. The lowest BCUT2D eigenvalue weighted by Gasteiger charge is -2.41. The molecule has 0 aromatic heterocycles. The lowest BCUT2D eigenvalue weighted by Crippen LogP contribution is -2.52. The molecule has 0 saturated heterocycles. The molecule has 4 aromatic carbocycles. The Morgan fingerprint density at radius 1 is 0.409 bits per heavy atom. The maximum atomic E-state index is 4.99. The fourth-order valence-electron chi connectivity index (χ4n) is 6.92. The summed E-state index contributed by atoms with van der Waals surface area (Å²) in [4.78, 5) is 14.7. The third-order valence-electron chi connectivity index (χ3n) is 10.6. The highest BCUT2D eigenvalue weighted by atomic mass is 15.3. The van der Waals surface area contributed by atoms with Crippen molar-refractivity contribution in [3.63, 3.8) is 0 Å². The molecular formula is C40H46N4. The van der Waals surface area contributed by atoms with Crippen molar-refractivity contribution in [2.45, 2.75) is 91.4 Å². The summed E-state index contributed by atoms with van der Waals surface area (Å²) in [6, 6.07) is 35.6. The molecular weight excluding hydrogens is 536 g/mol. The summed E-state index contributed by atoms with van der Waals surface area (Å²) in [6.45, 7) is 22.2. The number of rotatable bonds is 5. The fourth-order valence-corrected chi connectivity index (χ4v) is 6.92. The van der Waals surface area contributed by atoms with Crippen LogP contribution < -0.4 is 9.80 Å².